The molecule has 0 aromatic carbocycles. The SMILES string of the molecule is NC(=O)c1ccc(NNc2ncccc2C(N)=O)nc1. The molecule has 2 aromatic rings. The smallest absolute Gasteiger partial charge is 0.252 e. The Labute approximate surface area is 114 Å². The summed E-state index contributed by atoms with van der Waals surface area (Å²) in [5.74, 6) is -0.450. The van der Waals surface area contributed by atoms with Crippen molar-refractivity contribution >= 4 is 23.5 Å². The predicted octanol–water partition coefficient (Wildman–Crippen LogP) is 0.113. The summed E-state index contributed by atoms with van der Waals surface area (Å²) >= 11 is 0. The predicted molar refractivity (Wildman–Crippen MR) is 72.8 cm³/mol. The van der Waals surface area contributed by atoms with Crippen molar-refractivity contribution in [3.05, 3.63) is 47.8 Å². The molecular weight excluding hydrogens is 260 g/mol. The van der Waals surface area contributed by atoms with Gasteiger partial charge in [-0.15, -0.1) is 0 Å². The van der Waals surface area contributed by atoms with Crippen LogP contribution >= 0.6 is 0 Å². The van der Waals surface area contributed by atoms with E-state index in [9.17, 15) is 9.59 Å². The van der Waals surface area contributed by atoms with Crippen molar-refractivity contribution in [3.8, 4) is 0 Å². The van der Waals surface area contributed by atoms with Crippen molar-refractivity contribution in [1.82, 2.24) is 9.97 Å². The fraction of sp³-hybridized carbons (Fsp3) is 0. The van der Waals surface area contributed by atoms with Gasteiger partial charge in [-0.1, -0.05) is 0 Å². The highest BCUT2D eigenvalue weighted by atomic mass is 16.1. The van der Waals surface area contributed by atoms with Crippen LogP contribution in [0.1, 0.15) is 20.7 Å². The van der Waals surface area contributed by atoms with Crippen LogP contribution in [0.2, 0.25) is 0 Å². The Hall–Kier alpha value is -3.16. The molecule has 0 bridgehead atoms. The van der Waals surface area contributed by atoms with Gasteiger partial charge in [-0.2, -0.15) is 0 Å². The summed E-state index contributed by atoms with van der Waals surface area (Å²) in [6.07, 6.45) is 2.85. The average molecular weight is 272 g/mol. The minimum atomic E-state index is -0.598. The molecule has 8 nitrogen and oxygen atoms in total. The molecule has 0 aliphatic carbocycles. The Morgan fingerprint density at radius 2 is 1.80 bits per heavy atom. The number of anilines is 2. The van der Waals surface area contributed by atoms with Gasteiger partial charge in [0.2, 0.25) is 5.91 Å². The van der Waals surface area contributed by atoms with E-state index in [1.165, 1.54) is 18.5 Å². The van der Waals surface area contributed by atoms with Gasteiger partial charge in [-0.25, -0.2) is 9.97 Å². The zero-order valence-electron chi connectivity index (χ0n) is 10.3. The number of primary amides is 2. The molecule has 8 heteroatoms. The first-order valence-electron chi connectivity index (χ1n) is 5.60. The average Bonchev–Trinajstić information content (AvgIpc) is 2.45. The molecule has 0 saturated carbocycles. The lowest BCUT2D eigenvalue weighted by molar-refractivity contribution is 0.0992. The molecule has 6 N–H and O–H groups in total. The number of hydrogen-bond donors (Lipinski definition) is 4. The number of rotatable bonds is 5. The molecule has 2 heterocycles. The van der Waals surface area contributed by atoms with Crippen molar-refractivity contribution in [2.45, 2.75) is 0 Å². The van der Waals surface area contributed by atoms with Crippen molar-refractivity contribution in [1.29, 1.82) is 0 Å². The molecule has 2 rings (SSSR count). The van der Waals surface area contributed by atoms with E-state index in [4.69, 9.17) is 11.5 Å². The van der Waals surface area contributed by atoms with Crippen molar-refractivity contribution in [2.24, 2.45) is 11.5 Å². The van der Waals surface area contributed by atoms with E-state index in [-0.39, 0.29) is 11.4 Å². The zero-order valence-corrected chi connectivity index (χ0v) is 10.3. The van der Waals surface area contributed by atoms with Crippen molar-refractivity contribution in [3.63, 3.8) is 0 Å². The number of aromatic nitrogens is 2. The fourth-order valence-corrected chi connectivity index (χ4v) is 1.44. The normalized spacial score (nSPS) is 9.80. The largest absolute Gasteiger partial charge is 0.366 e. The fourth-order valence-electron chi connectivity index (χ4n) is 1.44. The first-order chi connectivity index (χ1) is 9.58. The van der Waals surface area contributed by atoms with Crippen LogP contribution in [0.3, 0.4) is 0 Å². The number of hydrogen-bond acceptors (Lipinski definition) is 6. The van der Waals surface area contributed by atoms with Gasteiger partial charge < -0.3 is 11.5 Å². The lowest BCUT2D eigenvalue weighted by atomic mass is 10.2. The summed E-state index contributed by atoms with van der Waals surface area (Å²) in [5, 5.41) is 0. The van der Waals surface area contributed by atoms with Gasteiger partial charge in [-0.05, 0) is 24.3 Å². The lowest BCUT2D eigenvalue weighted by Gasteiger charge is -2.10. The Balaban J connectivity index is 2.09. The van der Waals surface area contributed by atoms with Gasteiger partial charge in [0.05, 0.1) is 11.1 Å². The number of carbonyl (C=O) groups excluding carboxylic acids is 2. The standard InChI is InChI=1S/C12H12N6O2/c13-10(19)7-3-4-9(16-6-7)17-18-12-8(11(14)20)2-1-5-15-12/h1-6H,(H2,13,19)(H2,14,20)(H,15,18)(H,16,17). The van der Waals surface area contributed by atoms with Crippen molar-refractivity contribution < 1.29 is 9.59 Å². The zero-order chi connectivity index (χ0) is 14.5. The third-order valence-corrected chi connectivity index (χ3v) is 2.43. The number of nitrogens with two attached hydrogens (primary N) is 2. The number of pyridine rings is 2. The third kappa shape index (κ3) is 2.99. The van der Waals surface area contributed by atoms with Gasteiger partial charge >= 0.3 is 0 Å². The van der Waals surface area contributed by atoms with Crippen LogP contribution in [0.25, 0.3) is 0 Å². The second-order valence-electron chi connectivity index (χ2n) is 3.81. The molecule has 0 atom stereocenters. The molecule has 20 heavy (non-hydrogen) atoms. The van der Waals surface area contributed by atoms with Crippen LogP contribution in [0.5, 0.6) is 0 Å². The van der Waals surface area contributed by atoms with Gasteiger partial charge in [0.25, 0.3) is 5.91 Å². The molecule has 2 amide bonds. The second-order valence-corrected chi connectivity index (χ2v) is 3.81. The first-order valence-corrected chi connectivity index (χ1v) is 5.60. The number of hydrazine groups is 1. The highest BCUT2D eigenvalue weighted by Gasteiger charge is 2.08. The van der Waals surface area contributed by atoms with Crippen LogP contribution in [0.4, 0.5) is 11.6 Å². The summed E-state index contributed by atoms with van der Waals surface area (Å²) in [7, 11) is 0. The first kappa shape index (κ1) is 13.3. The highest BCUT2D eigenvalue weighted by molar-refractivity contribution is 5.97. The number of carbonyl (C=O) groups is 2. The van der Waals surface area contributed by atoms with E-state index in [1.807, 2.05) is 0 Å². The van der Waals surface area contributed by atoms with Crippen LogP contribution in [-0.4, -0.2) is 21.8 Å². The molecule has 0 aliphatic heterocycles. The summed E-state index contributed by atoms with van der Waals surface area (Å²) in [6, 6.07) is 6.22. The highest BCUT2D eigenvalue weighted by Crippen LogP contribution is 2.11. The van der Waals surface area contributed by atoms with E-state index >= 15 is 0 Å². The van der Waals surface area contributed by atoms with E-state index in [0.29, 0.717) is 11.4 Å². The van der Waals surface area contributed by atoms with Crippen LogP contribution in [0.15, 0.2) is 36.7 Å². The molecule has 102 valence electrons. The Morgan fingerprint density at radius 1 is 1.00 bits per heavy atom. The second kappa shape index (κ2) is 5.65. The molecule has 0 radical (unpaired) electrons. The number of nitrogens with one attached hydrogen (secondary N) is 2. The maximum absolute atomic E-state index is 11.2. The van der Waals surface area contributed by atoms with Gasteiger partial charge in [0.1, 0.15) is 5.82 Å². The van der Waals surface area contributed by atoms with E-state index in [0.717, 1.165) is 0 Å². The Kier molecular flexibility index (Phi) is 3.75. The minimum Gasteiger partial charge on any atom is -0.366 e. The molecule has 0 spiro atoms. The van der Waals surface area contributed by atoms with E-state index < -0.39 is 11.8 Å². The van der Waals surface area contributed by atoms with E-state index in [2.05, 4.69) is 20.8 Å². The molecule has 0 saturated heterocycles. The lowest BCUT2D eigenvalue weighted by Crippen LogP contribution is -2.19. The third-order valence-electron chi connectivity index (χ3n) is 2.43. The van der Waals surface area contributed by atoms with Gasteiger partial charge in [-0.3, -0.25) is 20.4 Å². The maximum atomic E-state index is 11.2. The number of nitrogens with zero attached hydrogens (tertiary/aromatic N) is 2. The van der Waals surface area contributed by atoms with E-state index in [1.54, 1.807) is 18.2 Å². The quantitative estimate of drug-likeness (QED) is 0.570. The Bertz CT molecular complexity index is 641. The summed E-state index contributed by atoms with van der Waals surface area (Å²) < 4.78 is 0. The minimum absolute atomic E-state index is 0.244. The van der Waals surface area contributed by atoms with Gasteiger partial charge in [0, 0.05) is 12.4 Å². The maximum Gasteiger partial charge on any atom is 0.252 e. The molecule has 0 aliphatic rings. The van der Waals surface area contributed by atoms with Crippen LogP contribution in [0, 0.1) is 0 Å². The number of amides is 2. The summed E-state index contributed by atoms with van der Waals surface area (Å²) in [5.41, 5.74) is 16.3. The van der Waals surface area contributed by atoms with Crippen LogP contribution in [-0.2, 0) is 0 Å². The summed E-state index contributed by atoms with van der Waals surface area (Å²) in [4.78, 5) is 30.1. The van der Waals surface area contributed by atoms with Gasteiger partial charge in [0.15, 0.2) is 5.82 Å². The Morgan fingerprint density at radius 3 is 2.40 bits per heavy atom. The molecule has 2 aromatic heterocycles. The molecule has 0 unspecified atom stereocenters. The summed E-state index contributed by atoms with van der Waals surface area (Å²) in [6.45, 7) is 0. The molecule has 0 fully saturated rings. The molecular formula is C12H12N6O2. The van der Waals surface area contributed by atoms with Crippen LogP contribution < -0.4 is 22.3 Å². The monoisotopic (exact) mass is 272 g/mol. The van der Waals surface area contributed by atoms with Crippen molar-refractivity contribution in [2.75, 3.05) is 10.9 Å². The topological polar surface area (TPSA) is 136 Å².